The third kappa shape index (κ3) is 3.86. The minimum absolute atomic E-state index is 0.0598. The number of nitrogens with two attached hydrogens (primary N) is 1. The molecule has 1 fully saturated rings. The Hall–Kier alpha value is -2.68. The number of ether oxygens (including phenoxy) is 1. The second kappa shape index (κ2) is 8.27. The molecule has 2 aromatic heterocycles. The van der Waals surface area contributed by atoms with Crippen molar-refractivity contribution in [3.63, 3.8) is 0 Å². The number of aliphatic hydroxyl groups excluding tert-OH is 3. The van der Waals surface area contributed by atoms with Crippen molar-refractivity contribution < 1.29 is 28.5 Å². The molecule has 1 unspecified atom stereocenters. The van der Waals surface area contributed by atoms with Crippen molar-refractivity contribution in [2.75, 3.05) is 18.1 Å². The highest BCUT2D eigenvalue weighted by atomic mass is 32.2. The zero-order valence-corrected chi connectivity index (χ0v) is 18.3. The van der Waals surface area contributed by atoms with Crippen LogP contribution in [0, 0.1) is 0 Å². The molecule has 5 rings (SSSR count). The molecule has 0 radical (unpaired) electrons. The fourth-order valence-electron chi connectivity index (χ4n) is 4.46. The molecule has 1 aromatic carbocycles. The summed E-state index contributed by atoms with van der Waals surface area (Å²) in [6, 6.07) is 4.92. The van der Waals surface area contributed by atoms with Crippen LogP contribution in [0.5, 0.6) is 0 Å². The monoisotopic (exact) mass is 476 g/mol. The maximum absolute atomic E-state index is 11.8. The number of anilines is 1. The normalized spacial score (nSPS) is 25.9. The molecule has 0 spiro atoms. The van der Waals surface area contributed by atoms with E-state index in [0.29, 0.717) is 30.1 Å². The molecule has 4 heterocycles. The van der Waals surface area contributed by atoms with E-state index in [1.54, 1.807) is 12.1 Å². The van der Waals surface area contributed by atoms with Gasteiger partial charge in [0.05, 0.1) is 17.8 Å². The number of nitrogens with zero attached hydrogens (tertiary/aromatic N) is 5. The Morgan fingerprint density at radius 1 is 1.15 bits per heavy atom. The number of fused-ring (bicyclic) bond motifs is 2. The summed E-state index contributed by atoms with van der Waals surface area (Å²) in [4.78, 5) is 15.2. The van der Waals surface area contributed by atoms with E-state index < -0.39 is 41.2 Å². The number of benzene rings is 1. The fraction of sp³-hybridized carbons (Fsp3) is 0.450. The first-order chi connectivity index (χ1) is 15.8. The van der Waals surface area contributed by atoms with Gasteiger partial charge in [0.2, 0.25) is 10.0 Å². The molecule has 0 saturated carbocycles. The van der Waals surface area contributed by atoms with Gasteiger partial charge in [-0.2, -0.15) is 0 Å². The molecular formula is C20H24N6O6S. The lowest BCUT2D eigenvalue weighted by Crippen LogP contribution is -2.33. The summed E-state index contributed by atoms with van der Waals surface area (Å²) in [5.41, 5.74) is 2.76. The molecule has 0 bridgehead atoms. The molecule has 13 heteroatoms. The maximum atomic E-state index is 11.8. The summed E-state index contributed by atoms with van der Waals surface area (Å²) in [6.07, 6.45) is 0.0437. The third-order valence-corrected chi connectivity index (χ3v) is 7.08. The topological polar surface area (TPSA) is 177 Å². The van der Waals surface area contributed by atoms with Crippen molar-refractivity contribution in [2.45, 2.75) is 48.8 Å². The lowest BCUT2D eigenvalue weighted by Gasteiger charge is -2.22. The van der Waals surface area contributed by atoms with Crippen LogP contribution in [0.3, 0.4) is 0 Å². The van der Waals surface area contributed by atoms with Gasteiger partial charge in [-0.25, -0.2) is 28.5 Å². The number of primary sulfonamides is 1. The van der Waals surface area contributed by atoms with Gasteiger partial charge in [-0.15, -0.1) is 0 Å². The highest BCUT2D eigenvalue weighted by molar-refractivity contribution is 7.89. The number of hydrogen-bond acceptors (Lipinski definition) is 10. The lowest BCUT2D eigenvalue weighted by atomic mass is 10.0. The lowest BCUT2D eigenvalue weighted by molar-refractivity contribution is -0.0511. The highest BCUT2D eigenvalue weighted by Gasteiger charge is 2.44. The molecule has 0 aliphatic carbocycles. The number of rotatable bonds is 4. The number of imidazole rings is 1. The molecule has 1 saturated heterocycles. The van der Waals surface area contributed by atoms with Gasteiger partial charge in [-0.1, -0.05) is 6.07 Å². The standard InChI is InChI=1S/C20H24N6O6S/c21-33(30,31)13-4-3-11-2-1-5-25(7-12(11)6-13)18-15-19(23-9-22-18)26(10-24-15)20-17(29)16(28)14(8-27)32-20/h3-4,6,9-10,14,16-17,20,27-29H,1-2,5,7-8H2,(H2,21,30,31)/t14-,16-,17-,20?/m1/s1. The summed E-state index contributed by atoms with van der Waals surface area (Å²) in [7, 11) is -3.82. The summed E-state index contributed by atoms with van der Waals surface area (Å²) >= 11 is 0. The van der Waals surface area contributed by atoms with E-state index in [1.807, 2.05) is 4.90 Å². The van der Waals surface area contributed by atoms with E-state index in [4.69, 9.17) is 9.88 Å². The molecule has 4 atom stereocenters. The van der Waals surface area contributed by atoms with Crippen LogP contribution < -0.4 is 10.0 Å². The van der Waals surface area contributed by atoms with E-state index in [0.717, 1.165) is 24.0 Å². The Morgan fingerprint density at radius 3 is 2.70 bits per heavy atom. The van der Waals surface area contributed by atoms with Gasteiger partial charge in [0.15, 0.2) is 23.2 Å². The molecule has 2 aliphatic heterocycles. The number of hydrogen-bond donors (Lipinski definition) is 4. The van der Waals surface area contributed by atoms with Crippen LogP contribution in [-0.2, 0) is 27.7 Å². The van der Waals surface area contributed by atoms with Gasteiger partial charge in [-0.05, 0) is 36.1 Å². The molecule has 12 nitrogen and oxygen atoms in total. The van der Waals surface area contributed by atoms with Crippen LogP contribution in [0.25, 0.3) is 11.2 Å². The predicted octanol–water partition coefficient (Wildman–Crippen LogP) is -0.962. The van der Waals surface area contributed by atoms with Crippen LogP contribution >= 0.6 is 0 Å². The summed E-state index contributed by atoms with van der Waals surface area (Å²) < 4.78 is 30.8. The van der Waals surface area contributed by atoms with Crippen LogP contribution in [0.1, 0.15) is 23.8 Å². The van der Waals surface area contributed by atoms with Gasteiger partial charge < -0.3 is 25.0 Å². The minimum Gasteiger partial charge on any atom is -0.394 e. The van der Waals surface area contributed by atoms with E-state index in [2.05, 4.69) is 15.0 Å². The molecule has 0 amide bonds. The van der Waals surface area contributed by atoms with Gasteiger partial charge in [0.25, 0.3) is 0 Å². The van der Waals surface area contributed by atoms with Crippen LogP contribution in [-0.4, -0.2) is 74.7 Å². The number of aliphatic hydroxyl groups is 3. The number of aryl methyl sites for hydroxylation is 1. The van der Waals surface area contributed by atoms with Gasteiger partial charge in [0, 0.05) is 13.1 Å². The number of aromatic nitrogens is 4. The zero-order valence-electron chi connectivity index (χ0n) is 17.5. The smallest absolute Gasteiger partial charge is 0.238 e. The van der Waals surface area contributed by atoms with Gasteiger partial charge in [-0.3, -0.25) is 4.57 Å². The van der Waals surface area contributed by atoms with E-state index in [-0.39, 0.29) is 4.90 Å². The molecule has 3 aromatic rings. The summed E-state index contributed by atoms with van der Waals surface area (Å²) in [5, 5.41) is 35.2. The summed E-state index contributed by atoms with van der Waals surface area (Å²) in [6.45, 7) is 0.632. The van der Waals surface area contributed by atoms with Crippen molar-refractivity contribution in [3.8, 4) is 0 Å². The Morgan fingerprint density at radius 2 is 1.97 bits per heavy atom. The fourth-order valence-corrected chi connectivity index (χ4v) is 5.03. The van der Waals surface area contributed by atoms with Crippen molar-refractivity contribution in [3.05, 3.63) is 42.0 Å². The molecule has 5 N–H and O–H groups in total. The minimum atomic E-state index is -3.82. The van der Waals surface area contributed by atoms with E-state index in [1.165, 1.54) is 23.3 Å². The number of sulfonamides is 1. The zero-order chi connectivity index (χ0) is 23.3. The Kier molecular flexibility index (Phi) is 5.55. The SMILES string of the molecule is NS(=O)(=O)c1ccc2c(c1)CN(c1ncnc3c1ncn3C1O[C@H](CO)[C@@H](O)[C@H]1O)CCC2. The van der Waals surface area contributed by atoms with E-state index in [9.17, 15) is 23.7 Å². The molecule has 2 aliphatic rings. The Bertz CT molecular complexity index is 1300. The Balaban J connectivity index is 1.51. The molecular weight excluding hydrogens is 452 g/mol. The highest BCUT2D eigenvalue weighted by Crippen LogP contribution is 2.33. The Labute approximate surface area is 189 Å². The van der Waals surface area contributed by atoms with Crippen molar-refractivity contribution >= 4 is 27.0 Å². The summed E-state index contributed by atoms with van der Waals surface area (Å²) in [5.74, 6) is 0.555. The second-order valence-corrected chi connectivity index (χ2v) is 9.81. The molecule has 33 heavy (non-hydrogen) atoms. The maximum Gasteiger partial charge on any atom is 0.238 e. The first-order valence-corrected chi connectivity index (χ1v) is 12.0. The van der Waals surface area contributed by atoms with Crippen molar-refractivity contribution in [1.29, 1.82) is 0 Å². The second-order valence-electron chi connectivity index (χ2n) is 8.25. The first-order valence-electron chi connectivity index (χ1n) is 10.5. The van der Waals surface area contributed by atoms with Gasteiger partial charge >= 0.3 is 0 Å². The first kappa shape index (κ1) is 22.1. The molecule has 176 valence electrons. The van der Waals surface area contributed by atoms with E-state index >= 15 is 0 Å². The third-order valence-electron chi connectivity index (χ3n) is 6.17. The van der Waals surface area contributed by atoms with Crippen LogP contribution in [0.2, 0.25) is 0 Å². The van der Waals surface area contributed by atoms with Gasteiger partial charge in [0.1, 0.15) is 24.6 Å². The van der Waals surface area contributed by atoms with Crippen molar-refractivity contribution in [2.24, 2.45) is 5.14 Å². The quantitative estimate of drug-likeness (QED) is 0.367. The average molecular weight is 477 g/mol. The van der Waals surface area contributed by atoms with Crippen molar-refractivity contribution in [1.82, 2.24) is 19.5 Å². The van der Waals surface area contributed by atoms with Crippen LogP contribution in [0.4, 0.5) is 5.82 Å². The predicted molar refractivity (Wildman–Crippen MR) is 116 cm³/mol. The largest absolute Gasteiger partial charge is 0.394 e. The van der Waals surface area contributed by atoms with Crippen LogP contribution in [0.15, 0.2) is 35.7 Å². The average Bonchev–Trinajstić information content (AvgIpc) is 3.25.